The van der Waals surface area contributed by atoms with E-state index in [0.717, 1.165) is 23.8 Å². The molecule has 1 saturated heterocycles. The molecule has 2 fully saturated rings. The summed E-state index contributed by atoms with van der Waals surface area (Å²) in [5.41, 5.74) is 6.53. The Hall–Kier alpha value is -3.04. The average molecular weight is 422 g/mol. The van der Waals surface area contributed by atoms with Crippen LogP contribution in [0.25, 0.3) is 22.0 Å². The molecule has 0 bridgehead atoms. The van der Waals surface area contributed by atoms with E-state index in [2.05, 4.69) is 15.3 Å². The van der Waals surface area contributed by atoms with Crippen molar-refractivity contribution in [2.45, 2.75) is 38.3 Å². The van der Waals surface area contributed by atoms with Crippen molar-refractivity contribution in [3.05, 3.63) is 41.1 Å². The highest BCUT2D eigenvalue weighted by Gasteiger charge is 2.38. The van der Waals surface area contributed by atoms with Crippen LogP contribution in [0.15, 0.2) is 35.5 Å². The van der Waals surface area contributed by atoms with Crippen LogP contribution in [0, 0.1) is 5.41 Å². The van der Waals surface area contributed by atoms with Crippen LogP contribution >= 0.6 is 0 Å². The number of aromatic nitrogens is 4. The van der Waals surface area contributed by atoms with Gasteiger partial charge in [-0.15, -0.1) is 0 Å². The molecule has 3 aromatic heterocycles. The minimum Gasteiger partial charge on any atom is -0.396 e. The highest BCUT2D eigenvalue weighted by molar-refractivity contribution is 5.94. The molecule has 0 unspecified atom stereocenters. The zero-order valence-corrected chi connectivity index (χ0v) is 17.3. The van der Waals surface area contributed by atoms with Crippen LogP contribution in [0.4, 0.5) is 11.8 Å². The Kier molecular flexibility index (Phi) is 5.07. The first-order valence-corrected chi connectivity index (χ1v) is 10.6. The summed E-state index contributed by atoms with van der Waals surface area (Å²) in [4.78, 5) is 26.4. The minimum atomic E-state index is -0.398. The normalized spacial score (nSPS) is 18.2. The number of aliphatic hydroxyl groups excluding tert-OH is 1. The summed E-state index contributed by atoms with van der Waals surface area (Å²) >= 11 is 0. The molecule has 1 aliphatic heterocycles. The summed E-state index contributed by atoms with van der Waals surface area (Å²) in [7, 11) is 0. The van der Waals surface area contributed by atoms with E-state index in [4.69, 9.17) is 15.5 Å². The van der Waals surface area contributed by atoms with E-state index in [9.17, 15) is 9.90 Å². The molecule has 162 valence electrons. The van der Waals surface area contributed by atoms with Gasteiger partial charge >= 0.3 is 0 Å². The zero-order valence-electron chi connectivity index (χ0n) is 17.3. The summed E-state index contributed by atoms with van der Waals surface area (Å²) in [6.45, 7) is 1.30. The Morgan fingerprint density at radius 3 is 2.65 bits per heavy atom. The Balaban J connectivity index is 1.61. The summed E-state index contributed by atoms with van der Waals surface area (Å²) in [6, 6.07) is 4.10. The number of hydrogen-bond acceptors (Lipinski definition) is 8. The number of nitrogens with two attached hydrogens (primary N) is 1. The molecule has 4 heterocycles. The molecule has 3 aromatic rings. The summed E-state index contributed by atoms with van der Waals surface area (Å²) in [5.74, 6) is 0.785. The van der Waals surface area contributed by atoms with E-state index >= 15 is 0 Å². The van der Waals surface area contributed by atoms with E-state index in [1.165, 1.54) is 12.8 Å². The second-order valence-corrected chi connectivity index (χ2v) is 8.68. The topological polar surface area (TPSA) is 128 Å². The highest BCUT2D eigenvalue weighted by Crippen LogP contribution is 2.31. The molecule has 9 heteroatoms. The molecule has 0 aromatic carbocycles. The SMILES string of the molecule is Nc1ncc(-c2cc3ccn(CC4(CO)COC4)c(=O)c3c(NC3CCCC3)n2)cn1. The van der Waals surface area contributed by atoms with E-state index in [-0.39, 0.29) is 18.1 Å². The van der Waals surface area contributed by atoms with Gasteiger partial charge in [0.25, 0.3) is 5.56 Å². The summed E-state index contributed by atoms with van der Waals surface area (Å²) in [5, 5.41) is 14.7. The Morgan fingerprint density at radius 1 is 1.26 bits per heavy atom. The molecule has 0 spiro atoms. The number of nitrogen functional groups attached to an aromatic ring is 1. The monoisotopic (exact) mass is 422 g/mol. The lowest BCUT2D eigenvalue weighted by atomic mass is 9.87. The van der Waals surface area contributed by atoms with Crippen LogP contribution in [0.2, 0.25) is 0 Å². The summed E-state index contributed by atoms with van der Waals surface area (Å²) < 4.78 is 6.95. The van der Waals surface area contributed by atoms with Crippen molar-refractivity contribution >= 4 is 22.5 Å². The van der Waals surface area contributed by atoms with Gasteiger partial charge in [-0.1, -0.05) is 12.8 Å². The molecule has 2 aliphatic rings. The predicted octanol–water partition coefficient (Wildman–Crippen LogP) is 1.80. The van der Waals surface area contributed by atoms with Crippen molar-refractivity contribution in [1.29, 1.82) is 0 Å². The van der Waals surface area contributed by atoms with Gasteiger partial charge in [-0.05, 0) is 30.4 Å². The van der Waals surface area contributed by atoms with Crippen molar-refractivity contribution in [1.82, 2.24) is 19.5 Å². The Morgan fingerprint density at radius 2 is 2.00 bits per heavy atom. The Bertz CT molecular complexity index is 1140. The molecule has 5 rings (SSSR count). The molecular weight excluding hydrogens is 396 g/mol. The highest BCUT2D eigenvalue weighted by atomic mass is 16.5. The lowest BCUT2D eigenvalue weighted by Crippen LogP contribution is -2.50. The van der Waals surface area contributed by atoms with Gasteiger partial charge in [0.2, 0.25) is 5.95 Å². The van der Waals surface area contributed by atoms with Gasteiger partial charge in [-0.25, -0.2) is 15.0 Å². The maximum Gasteiger partial charge on any atom is 0.262 e. The van der Waals surface area contributed by atoms with E-state index in [0.29, 0.717) is 42.7 Å². The van der Waals surface area contributed by atoms with Gasteiger partial charge in [-0.3, -0.25) is 4.79 Å². The van der Waals surface area contributed by atoms with Gasteiger partial charge in [-0.2, -0.15) is 0 Å². The number of anilines is 2. The second-order valence-electron chi connectivity index (χ2n) is 8.68. The van der Waals surface area contributed by atoms with Crippen LogP contribution < -0.4 is 16.6 Å². The largest absolute Gasteiger partial charge is 0.396 e. The van der Waals surface area contributed by atoms with E-state index < -0.39 is 5.41 Å². The third-order valence-electron chi connectivity index (χ3n) is 6.28. The predicted molar refractivity (Wildman–Crippen MR) is 118 cm³/mol. The maximum atomic E-state index is 13.5. The minimum absolute atomic E-state index is 0.0149. The molecule has 1 aliphatic carbocycles. The van der Waals surface area contributed by atoms with E-state index in [1.807, 2.05) is 12.1 Å². The van der Waals surface area contributed by atoms with Crippen LogP contribution in [-0.4, -0.2) is 50.5 Å². The molecule has 1 saturated carbocycles. The molecule has 4 N–H and O–H groups in total. The third kappa shape index (κ3) is 3.75. The molecule has 0 atom stereocenters. The molecule has 0 amide bonds. The maximum absolute atomic E-state index is 13.5. The van der Waals surface area contributed by atoms with Crippen molar-refractivity contribution in [2.24, 2.45) is 5.41 Å². The van der Waals surface area contributed by atoms with Crippen molar-refractivity contribution in [3.63, 3.8) is 0 Å². The van der Waals surface area contributed by atoms with Gasteiger partial charge in [0.05, 0.1) is 36.3 Å². The first kappa shape index (κ1) is 19.9. The number of ether oxygens (including phenoxy) is 1. The summed E-state index contributed by atoms with van der Waals surface area (Å²) in [6.07, 6.45) is 9.52. The van der Waals surface area contributed by atoms with Gasteiger partial charge in [0.1, 0.15) is 5.82 Å². The average Bonchev–Trinajstić information content (AvgIpc) is 3.25. The fraction of sp³-hybridized carbons (Fsp3) is 0.455. The fourth-order valence-electron chi connectivity index (χ4n) is 4.40. The number of pyridine rings is 2. The number of aliphatic hydroxyl groups is 1. The zero-order chi connectivity index (χ0) is 21.4. The lowest BCUT2D eigenvalue weighted by Gasteiger charge is -2.40. The molecule has 0 radical (unpaired) electrons. The fourth-order valence-corrected chi connectivity index (χ4v) is 4.40. The van der Waals surface area contributed by atoms with E-state index in [1.54, 1.807) is 23.2 Å². The van der Waals surface area contributed by atoms with Crippen LogP contribution in [0.3, 0.4) is 0 Å². The van der Waals surface area contributed by atoms with Crippen LogP contribution in [0.1, 0.15) is 25.7 Å². The van der Waals surface area contributed by atoms with Gasteiger partial charge in [0.15, 0.2) is 0 Å². The lowest BCUT2D eigenvalue weighted by molar-refractivity contribution is -0.145. The standard InChI is InChI=1S/C22H26N6O3/c23-21-24-8-15(9-25-21)17-7-14-5-6-28(10-22(11-29)12-31-13-22)20(30)18(14)19(27-17)26-16-3-1-2-4-16/h5-9,16,29H,1-4,10-13H2,(H,26,27)(H2,23,24,25). The number of rotatable bonds is 6. The Labute approximate surface area is 179 Å². The number of fused-ring (bicyclic) bond motifs is 1. The number of nitrogens with one attached hydrogen (secondary N) is 1. The quantitative estimate of drug-likeness (QED) is 0.549. The first-order chi connectivity index (χ1) is 15.1. The van der Waals surface area contributed by atoms with Crippen molar-refractivity contribution in [2.75, 3.05) is 30.9 Å². The first-order valence-electron chi connectivity index (χ1n) is 10.6. The van der Waals surface area contributed by atoms with Gasteiger partial charge in [0, 0.05) is 36.7 Å². The molecule has 9 nitrogen and oxygen atoms in total. The number of hydrogen-bond donors (Lipinski definition) is 3. The van der Waals surface area contributed by atoms with Gasteiger partial charge < -0.3 is 25.5 Å². The van der Waals surface area contributed by atoms with Crippen LogP contribution in [-0.2, 0) is 11.3 Å². The molecule has 31 heavy (non-hydrogen) atoms. The molecular formula is C22H26N6O3. The van der Waals surface area contributed by atoms with Crippen molar-refractivity contribution < 1.29 is 9.84 Å². The second kappa shape index (κ2) is 7.90. The third-order valence-corrected chi connectivity index (χ3v) is 6.28. The van der Waals surface area contributed by atoms with Crippen molar-refractivity contribution in [3.8, 4) is 11.3 Å². The smallest absolute Gasteiger partial charge is 0.262 e. The number of nitrogens with zero attached hydrogens (tertiary/aromatic N) is 4. The van der Waals surface area contributed by atoms with Crippen LogP contribution in [0.5, 0.6) is 0 Å².